The molecule has 0 aliphatic carbocycles. The van der Waals surface area contributed by atoms with Gasteiger partial charge in [-0.2, -0.15) is 0 Å². The van der Waals surface area contributed by atoms with Crippen molar-refractivity contribution < 1.29 is 14.3 Å². The van der Waals surface area contributed by atoms with Crippen molar-refractivity contribution in [2.24, 2.45) is 5.92 Å². The van der Waals surface area contributed by atoms with Crippen molar-refractivity contribution in [2.45, 2.75) is 6.54 Å². The lowest BCUT2D eigenvalue weighted by atomic mass is 9.99. The van der Waals surface area contributed by atoms with Crippen molar-refractivity contribution in [3.8, 4) is 0 Å². The summed E-state index contributed by atoms with van der Waals surface area (Å²) in [6, 6.07) is 7.51. The number of ether oxygens (including phenoxy) is 1. The minimum Gasteiger partial charge on any atom is -0.469 e. The van der Waals surface area contributed by atoms with E-state index in [0.29, 0.717) is 5.56 Å². The summed E-state index contributed by atoms with van der Waals surface area (Å²) < 4.78 is 4.68. The van der Waals surface area contributed by atoms with Crippen molar-refractivity contribution in [1.82, 2.24) is 4.90 Å². The van der Waals surface area contributed by atoms with Gasteiger partial charge in [-0.05, 0) is 11.6 Å². The Kier molecular flexibility index (Phi) is 3.54. The number of aldehydes is 1. The largest absolute Gasteiger partial charge is 0.469 e. The summed E-state index contributed by atoms with van der Waals surface area (Å²) in [4.78, 5) is 24.0. The van der Waals surface area contributed by atoms with Gasteiger partial charge in [0, 0.05) is 25.2 Å². The van der Waals surface area contributed by atoms with Gasteiger partial charge in [0.05, 0.1) is 13.0 Å². The fraction of sp³-hybridized carbons (Fsp3) is 0.385. The molecule has 1 aromatic carbocycles. The smallest absolute Gasteiger partial charge is 0.311 e. The highest BCUT2D eigenvalue weighted by Crippen LogP contribution is 2.19. The molecule has 1 saturated heterocycles. The SMILES string of the molecule is COC(=O)C1CN(Cc2cccc(C=O)c2)C1. The van der Waals surface area contributed by atoms with Crippen LogP contribution in [0.2, 0.25) is 0 Å². The summed E-state index contributed by atoms with van der Waals surface area (Å²) in [5, 5.41) is 0. The summed E-state index contributed by atoms with van der Waals surface area (Å²) >= 11 is 0. The fourth-order valence-electron chi connectivity index (χ4n) is 2.04. The van der Waals surface area contributed by atoms with E-state index in [1.807, 2.05) is 18.2 Å². The Bertz CT molecular complexity index is 424. The van der Waals surface area contributed by atoms with Gasteiger partial charge in [-0.3, -0.25) is 14.5 Å². The van der Waals surface area contributed by atoms with Crippen molar-refractivity contribution >= 4 is 12.3 Å². The van der Waals surface area contributed by atoms with Crippen LogP contribution in [0.25, 0.3) is 0 Å². The Labute approximate surface area is 100 Å². The van der Waals surface area contributed by atoms with E-state index in [9.17, 15) is 9.59 Å². The first-order valence-corrected chi connectivity index (χ1v) is 5.57. The van der Waals surface area contributed by atoms with Gasteiger partial charge in [0.2, 0.25) is 0 Å². The lowest BCUT2D eigenvalue weighted by Gasteiger charge is -2.37. The lowest BCUT2D eigenvalue weighted by molar-refractivity contribution is -0.151. The molecular formula is C13H15NO3. The van der Waals surface area contributed by atoms with Crippen LogP contribution >= 0.6 is 0 Å². The van der Waals surface area contributed by atoms with Gasteiger partial charge in [-0.15, -0.1) is 0 Å². The summed E-state index contributed by atoms with van der Waals surface area (Å²) in [6.07, 6.45) is 0.844. The molecule has 0 unspecified atom stereocenters. The Morgan fingerprint density at radius 3 is 2.94 bits per heavy atom. The summed E-state index contributed by atoms with van der Waals surface area (Å²) in [7, 11) is 1.42. The maximum absolute atomic E-state index is 11.2. The maximum atomic E-state index is 11.2. The van der Waals surface area contributed by atoms with Crippen molar-refractivity contribution in [1.29, 1.82) is 0 Å². The van der Waals surface area contributed by atoms with Gasteiger partial charge < -0.3 is 4.74 Å². The molecule has 0 radical (unpaired) electrons. The fourth-order valence-corrected chi connectivity index (χ4v) is 2.04. The molecule has 4 heteroatoms. The zero-order valence-electron chi connectivity index (χ0n) is 9.76. The number of esters is 1. The maximum Gasteiger partial charge on any atom is 0.311 e. The van der Waals surface area contributed by atoms with Crippen LogP contribution in [-0.2, 0) is 16.1 Å². The highest BCUT2D eigenvalue weighted by atomic mass is 16.5. The molecule has 0 saturated carbocycles. The Morgan fingerprint density at radius 1 is 1.53 bits per heavy atom. The van der Waals surface area contributed by atoms with E-state index in [4.69, 9.17) is 0 Å². The molecule has 4 nitrogen and oxygen atoms in total. The second-order valence-corrected chi connectivity index (χ2v) is 4.28. The summed E-state index contributed by atoms with van der Waals surface area (Å²) in [5.41, 5.74) is 1.78. The summed E-state index contributed by atoms with van der Waals surface area (Å²) in [5.74, 6) is -0.128. The number of benzene rings is 1. The predicted octanol–water partition coefficient (Wildman–Crippen LogP) is 1.10. The van der Waals surface area contributed by atoms with Crippen LogP contribution in [-0.4, -0.2) is 37.4 Å². The van der Waals surface area contributed by atoms with E-state index in [0.717, 1.165) is 31.5 Å². The molecule has 1 aromatic rings. The molecular weight excluding hydrogens is 218 g/mol. The van der Waals surface area contributed by atoms with E-state index >= 15 is 0 Å². The second-order valence-electron chi connectivity index (χ2n) is 4.28. The zero-order chi connectivity index (χ0) is 12.3. The van der Waals surface area contributed by atoms with Crippen LogP contribution in [0.1, 0.15) is 15.9 Å². The first kappa shape index (κ1) is 11.8. The lowest BCUT2D eigenvalue weighted by Crippen LogP contribution is -2.49. The van der Waals surface area contributed by atoms with Gasteiger partial charge in [-0.1, -0.05) is 18.2 Å². The number of nitrogens with zero attached hydrogens (tertiary/aromatic N) is 1. The van der Waals surface area contributed by atoms with Crippen molar-refractivity contribution in [3.05, 3.63) is 35.4 Å². The highest BCUT2D eigenvalue weighted by molar-refractivity contribution is 5.75. The average Bonchev–Trinajstić information content (AvgIpc) is 2.32. The molecule has 1 heterocycles. The van der Waals surface area contributed by atoms with E-state index in [2.05, 4.69) is 9.64 Å². The number of carbonyl (C=O) groups excluding carboxylic acids is 2. The number of hydrogen-bond acceptors (Lipinski definition) is 4. The Morgan fingerprint density at radius 2 is 2.29 bits per heavy atom. The molecule has 1 fully saturated rings. The molecule has 2 rings (SSSR count). The van der Waals surface area contributed by atoms with E-state index in [-0.39, 0.29) is 11.9 Å². The van der Waals surface area contributed by atoms with Crippen LogP contribution in [0, 0.1) is 5.92 Å². The predicted molar refractivity (Wildman–Crippen MR) is 62.6 cm³/mol. The molecule has 0 bridgehead atoms. The van der Waals surface area contributed by atoms with Crippen molar-refractivity contribution in [2.75, 3.05) is 20.2 Å². The molecule has 1 aliphatic rings. The van der Waals surface area contributed by atoms with Crippen LogP contribution in [0.15, 0.2) is 24.3 Å². The number of likely N-dealkylation sites (tertiary alicyclic amines) is 1. The normalized spacial score (nSPS) is 16.3. The van der Waals surface area contributed by atoms with Gasteiger partial charge in [0.25, 0.3) is 0 Å². The number of rotatable bonds is 4. The second kappa shape index (κ2) is 5.10. The minimum absolute atomic E-state index is 0.00857. The van der Waals surface area contributed by atoms with Crippen LogP contribution in [0.3, 0.4) is 0 Å². The minimum atomic E-state index is -0.136. The van der Waals surface area contributed by atoms with Crippen molar-refractivity contribution in [3.63, 3.8) is 0 Å². The number of methoxy groups -OCH3 is 1. The third-order valence-electron chi connectivity index (χ3n) is 2.98. The van der Waals surface area contributed by atoms with Gasteiger partial charge >= 0.3 is 5.97 Å². The monoisotopic (exact) mass is 233 g/mol. The Balaban J connectivity index is 1.87. The van der Waals surface area contributed by atoms with E-state index < -0.39 is 0 Å². The van der Waals surface area contributed by atoms with Gasteiger partial charge in [0.15, 0.2) is 0 Å². The molecule has 0 spiro atoms. The van der Waals surface area contributed by atoms with Gasteiger partial charge in [0.1, 0.15) is 6.29 Å². The third kappa shape index (κ3) is 2.71. The molecule has 0 N–H and O–H groups in total. The van der Waals surface area contributed by atoms with Crippen LogP contribution in [0.4, 0.5) is 0 Å². The topological polar surface area (TPSA) is 46.6 Å². The summed E-state index contributed by atoms with van der Waals surface area (Å²) in [6.45, 7) is 2.24. The first-order chi connectivity index (χ1) is 8.22. The number of hydrogen-bond donors (Lipinski definition) is 0. The molecule has 17 heavy (non-hydrogen) atoms. The van der Waals surface area contributed by atoms with E-state index in [1.54, 1.807) is 6.07 Å². The van der Waals surface area contributed by atoms with Crippen LogP contribution in [0.5, 0.6) is 0 Å². The standard InChI is InChI=1S/C13H15NO3/c1-17-13(16)12-7-14(8-12)6-10-3-2-4-11(5-10)9-15/h2-5,9,12H,6-8H2,1H3. The first-order valence-electron chi connectivity index (χ1n) is 5.57. The number of carbonyl (C=O) groups is 2. The molecule has 0 aromatic heterocycles. The molecule has 0 atom stereocenters. The Hall–Kier alpha value is -1.68. The quantitative estimate of drug-likeness (QED) is 0.577. The molecule has 0 amide bonds. The third-order valence-corrected chi connectivity index (χ3v) is 2.98. The van der Waals surface area contributed by atoms with E-state index in [1.165, 1.54) is 7.11 Å². The van der Waals surface area contributed by atoms with Gasteiger partial charge in [-0.25, -0.2) is 0 Å². The van der Waals surface area contributed by atoms with Crippen LogP contribution < -0.4 is 0 Å². The zero-order valence-corrected chi connectivity index (χ0v) is 9.76. The average molecular weight is 233 g/mol. The highest BCUT2D eigenvalue weighted by Gasteiger charge is 2.33. The molecule has 90 valence electrons. The molecule has 1 aliphatic heterocycles.